The average Bonchev–Trinajstić information content (AvgIpc) is 2.61. The second-order valence-electron chi connectivity index (χ2n) is 6.18. The first-order chi connectivity index (χ1) is 12.7. The molecule has 0 saturated carbocycles. The summed E-state index contributed by atoms with van der Waals surface area (Å²) < 4.78 is 27.0. The Morgan fingerprint density at radius 3 is 2.37 bits per heavy atom. The van der Waals surface area contributed by atoms with Gasteiger partial charge in [0.1, 0.15) is 0 Å². The normalized spacial score (nSPS) is 12.4. The number of anilines is 1. The maximum Gasteiger partial charge on any atom is 0.307 e. The van der Waals surface area contributed by atoms with Crippen LogP contribution in [0.4, 0.5) is 5.69 Å². The Kier molecular flexibility index (Phi) is 6.70. The van der Waals surface area contributed by atoms with Gasteiger partial charge in [-0.05, 0) is 55.3 Å². The second-order valence-corrected chi connectivity index (χ2v) is 7.89. The lowest BCUT2D eigenvalue weighted by Gasteiger charge is -2.12. The topological polar surface area (TPSA) is 113 Å². The molecule has 0 aliphatic rings. The number of hydrogen-bond acceptors (Lipinski definition) is 4. The van der Waals surface area contributed by atoms with Gasteiger partial charge in [-0.1, -0.05) is 19.1 Å². The summed E-state index contributed by atoms with van der Waals surface area (Å²) in [6, 6.07) is 12.0. The molecule has 7 nitrogen and oxygen atoms in total. The summed E-state index contributed by atoms with van der Waals surface area (Å²) in [7, 11) is -3.63. The van der Waals surface area contributed by atoms with Crippen LogP contribution in [0.1, 0.15) is 36.2 Å². The SMILES string of the molecule is CC[C@@H](C)NS(=O)(=O)c1ccc(C(=O)Nc2cccc(CC(=O)O)c2)cc1. The van der Waals surface area contributed by atoms with E-state index < -0.39 is 21.9 Å². The molecule has 0 unspecified atom stereocenters. The summed E-state index contributed by atoms with van der Waals surface area (Å²) in [6.07, 6.45) is 0.528. The molecule has 1 atom stereocenters. The van der Waals surface area contributed by atoms with Gasteiger partial charge in [-0.15, -0.1) is 0 Å². The molecule has 2 aromatic carbocycles. The molecule has 2 rings (SSSR count). The van der Waals surface area contributed by atoms with Gasteiger partial charge in [0.05, 0.1) is 11.3 Å². The second kappa shape index (κ2) is 8.79. The quantitative estimate of drug-likeness (QED) is 0.641. The third-order valence-electron chi connectivity index (χ3n) is 3.94. The minimum absolute atomic E-state index is 0.0859. The van der Waals surface area contributed by atoms with E-state index in [0.29, 0.717) is 23.2 Å². The predicted octanol–water partition coefficient (Wildman–Crippen LogP) is 2.64. The van der Waals surface area contributed by atoms with Crippen molar-refractivity contribution in [2.24, 2.45) is 0 Å². The van der Waals surface area contributed by atoms with Gasteiger partial charge in [0.2, 0.25) is 10.0 Å². The highest BCUT2D eigenvalue weighted by Gasteiger charge is 2.17. The summed E-state index contributed by atoms with van der Waals surface area (Å²) in [6.45, 7) is 3.66. The van der Waals surface area contributed by atoms with Crippen LogP contribution in [-0.2, 0) is 21.2 Å². The van der Waals surface area contributed by atoms with Crippen molar-refractivity contribution in [3.05, 3.63) is 59.7 Å². The number of amides is 1. The molecule has 0 heterocycles. The van der Waals surface area contributed by atoms with E-state index in [-0.39, 0.29) is 17.4 Å². The van der Waals surface area contributed by atoms with E-state index in [0.717, 1.165) is 0 Å². The van der Waals surface area contributed by atoms with Crippen molar-refractivity contribution >= 4 is 27.6 Å². The Morgan fingerprint density at radius 1 is 1.11 bits per heavy atom. The van der Waals surface area contributed by atoms with Gasteiger partial charge >= 0.3 is 5.97 Å². The van der Waals surface area contributed by atoms with E-state index in [1.54, 1.807) is 31.2 Å². The maximum absolute atomic E-state index is 12.3. The van der Waals surface area contributed by atoms with Crippen molar-refractivity contribution in [2.75, 3.05) is 5.32 Å². The Balaban J connectivity index is 2.11. The number of carbonyl (C=O) groups is 2. The molecule has 0 spiro atoms. The number of carboxylic acids is 1. The summed E-state index contributed by atoms with van der Waals surface area (Å²) in [5, 5.41) is 11.5. The molecule has 0 bridgehead atoms. The summed E-state index contributed by atoms with van der Waals surface area (Å²) >= 11 is 0. The lowest BCUT2D eigenvalue weighted by molar-refractivity contribution is -0.136. The number of sulfonamides is 1. The van der Waals surface area contributed by atoms with Crippen molar-refractivity contribution in [1.82, 2.24) is 4.72 Å². The minimum atomic E-state index is -3.63. The summed E-state index contributed by atoms with van der Waals surface area (Å²) in [4.78, 5) is 23.2. The van der Waals surface area contributed by atoms with Gasteiger partial charge in [0.25, 0.3) is 5.91 Å². The third kappa shape index (κ3) is 5.90. The van der Waals surface area contributed by atoms with Crippen LogP contribution in [0.3, 0.4) is 0 Å². The fraction of sp³-hybridized carbons (Fsp3) is 0.263. The average molecular weight is 390 g/mol. The third-order valence-corrected chi connectivity index (χ3v) is 5.54. The molecule has 144 valence electrons. The highest BCUT2D eigenvalue weighted by molar-refractivity contribution is 7.89. The molecule has 1 amide bonds. The molecular weight excluding hydrogens is 368 g/mol. The first-order valence-corrected chi connectivity index (χ1v) is 9.94. The van der Waals surface area contributed by atoms with Crippen molar-refractivity contribution in [2.45, 2.75) is 37.6 Å². The first kappa shape index (κ1) is 20.6. The van der Waals surface area contributed by atoms with Crippen LogP contribution < -0.4 is 10.0 Å². The zero-order valence-corrected chi connectivity index (χ0v) is 15.9. The molecule has 8 heteroatoms. The van der Waals surface area contributed by atoms with Gasteiger partial charge in [-0.2, -0.15) is 0 Å². The first-order valence-electron chi connectivity index (χ1n) is 8.45. The van der Waals surface area contributed by atoms with Crippen molar-refractivity contribution in [3.8, 4) is 0 Å². The highest BCUT2D eigenvalue weighted by Crippen LogP contribution is 2.15. The fourth-order valence-electron chi connectivity index (χ4n) is 2.34. The number of rotatable bonds is 8. The molecule has 0 aliphatic heterocycles. The molecular formula is C19H22N2O5S. The Bertz CT molecular complexity index is 923. The fourth-order valence-corrected chi connectivity index (χ4v) is 3.67. The van der Waals surface area contributed by atoms with Crippen molar-refractivity contribution < 1.29 is 23.1 Å². The van der Waals surface area contributed by atoms with Crippen molar-refractivity contribution in [3.63, 3.8) is 0 Å². The van der Waals surface area contributed by atoms with Gasteiger partial charge in [-0.25, -0.2) is 13.1 Å². The number of nitrogens with one attached hydrogen (secondary N) is 2. The minimum Gasteiger partial charge on any atom is -0.481 e. The zero-order chi connectivity index (χ0) is 20.0. The summed E-state index contributed by atoms with van der Waals surface area (Å²) in [5.41, 5.74) is 1.33. The standard InChI is InChI=1S/C19H22N2O5S/c1-3-13(2)21-27(25,26)17-9-7-15(8-10-17)19(24)20-16-6-4-5-14(11-16)12-18(22)23/h4-11,13,21H,3,12H2,1-2H3,(H,20,24)(H,22,23)/t13-/m1/s1. The van der Waals surface area contributed by atoms with E-state index in [2.05, 4.69) is 10.0 Å². The van der Waals surface area contributed by atoms with E-state index in [1.165, 1.54) is 24.3 Å². The Hall–Kier alpha value is -2.71. The number of benzene rings is 2. The molecule has 3 N–H and O–H groups in total. The van der Waals surface area contributed by atoms with Crippen LogP contribution >= 0.6 is 0 Å². The van der Waals surface area contributed by atoms with E-state index >= 15 is 0 Å². The van der Waals surface area contributed by atoms with E-state index in [4.69, 9.17) is 5.11 Å². The van der Waals surface area contributed by atoms with Crippen LogP contribution in [0.5, 0.6) is 0 Å². The smallest absolute Gasteiger partial charge is 0.307 e. The molecule has 0 aromatic heterocycles. The number of carboxylic acid groups (broad SMARTS) is 1. The van der Waals surface area contributed by atoms with E-state index in [1.807, 2.05) is 6.92 Å². The Morgan fingerprint density at radius 2 is 1.78 bits per heavy atom. The van der Waals surface area contributed by atoms with Crippen LogP contribution in [0.15, 0.2) is 53.4 Å². The molecule has 2 aromatic rings. The number of hydrogen-bond donors (Lipinski definition) is 3. The molecule has 0 radical (unpaired) electrons. The van der Waals surface area contributed by atoms with Gasteiger partial charge in [0.15, 0.2) is 0 Å². The van der Waals surface area contributed by atoms with Crippen LogP contribution in [0, 0.1) is 0 Å². The van der Waals surface area contributed by atoms with Crippen molar-refractivity contribution in [1.29, 1.82) is 0 Å². The van der Waals surface area contributed by atoms with Gasteiger partial charge < -0.3 is 10.4 Å². The van der Waals surface area contributed by atoms with E-state index in [9.17, 15) is 18.0 Å². The van der Waals surface area contributed by atoms with Crippen LogP contribution in [-0.4, -0.2) is 31.4 Å². The zero-order valence-electron chi connectivity index (χ0n) is 15.1. The number of carbonyl (C=O) groups excluding carboxylic acids is 1. The highest BCUT2D eigenvalue weighted by atomic mass is 32.2. The van der Waals surface area contributed by atoms with Gasteiger partial charge in [0, 0.05) is 17.3 Å². The predicted molar refractivity (Wildman–Crippen MR) is 102 cm³/mol. The lowest BCUT2D eigenvalue weighted by Crippen LogP contribution is -2.32. The van der Waals surface area contributed by atoms with Crippen LogP contribution in [0.25, 0.3) is 0 Å². The molecule has 0 saturated heterocycles. The van der Waals surface area contributed by atoms with Gasteiger partial charge in [-0.3, -0.25) is 9.59 Å². The molecule has 0 aliphatic carbocycles. The maximum atomic E-state index is 12.3. The van der Waals surface area contributed by atoms with Crippen LogP contribution in [0.2, 0.25) is 0 Å². The lowest BCUT2D eigenvalue weighted by atomic mass is 10.1. The largest absolute Gasteiger partial charge is 0.481 e. The molecule has 0 fully saturated rings. The number of aliphatic carboxylic acids is 1. The Labute approximate surface area is 158 Å². The summed E-state index contributed by atoms with van der Waals surface area (Å²) in [5.74, 6) is -1.37. The molecule has 27 heavy (non-hydrogen) atoms. The monoisotopic (exact) mass is 390 g/mol.